The normalized spacial score (nSPS) is 11.1. The largest absolute Gasteiger partial charge is 0.356 e. The van der Waals surface area contributed by atoms with Gasteiger partial charge in [0.05, 0.1) is 0 Å². The summed E-state index contributed by atoms with van der Waals surface area (Å²) >= 11 is 3.24. The summed E-state index contributed by atoms with van der Waals surface area (Å²) in [6.07, 6.45) is 1.64. The second kappa shape index (κ2) is 6.36. The average molecular weight is 364 g/mol. The van der Waals surface area contributed by atoms with Gasteiger partial charge >= 0.3 is 0 Å². The lowest BCUT2D eigenvalue weighted by Crippen LogP contribution is -2.41. The van der Waals surface area contributed by atoms with Crippen molar-refractivity contribution >= 4 is 27.7 Å². The van der Waals surface area contributed by atoms with E-state index in [0.717, 1.165) is 10.0 Å². The fraction of sp³-hybridized carbons (Fsp3) is 0.250. The van der Waals surface area contributed by atoms with Gasteiger partial charge in [-0.1, -0.05) is 32.9 Å². The predicted octanol–water partition coefficient (Wildman–Crippen LogP) is 3.15. The van der Waals surface area contributed by atoms with E-state index in [1.54, 1.807) is 24.4 Å². The Bertz CT molecular complexity index is 684. The lowest BCUT2D eigenvalue weighted by Gasteiger charge is -2.19. The van der Waals surface area contributed by atoms with Gasteiger partial charge in [-0.15, -0.1) is 0 Å². The SMILES string of the molecule is CC(C)(C)c1ccc(C(=O)NNC(=O)c2cc(Br)c[nH]2)cc1. The van der Waals surface area contributed by atoms with Gasteiger partial charge in [0.2, 0.25) is 0 Å². The number of carbonyl (C=O) groups excluding carboxylic acids is 2. The van der Waals surface area contributed by atoms with Gasteiger partial charge in [0.1, 0.15) is 5.69 Å². The van der Waals surface area contributed by atoms with Crippen LogP contribution in [0.4, 0.5) is 0 Å². The zero-order chi connectivity index (χ0) is 16.3. The highest BCUT2D eigenvalue weighted by Gasteiger charge is 2.15. The fourth-order valence-electron chi connectivity index (χ4n) is 1.87. The molecule has 6 heteroatoms. The summed E-state index contributed by atoms with van der Waals surface area (Å²) in [7, 11) is 0. The topological polar surface area (TPSA) is 74.0 Å². The third kappa shape index (κ3) is 3.98. The van der Waals surface area contributed by atoms with Crippen LogP contribution in [0.25, 0.3) is 0 Å². The van der Waals surface area contributed by atoms with E-state index in [9.17, 15) is 9.59 Å². The summed E-state index contributed by atoms with van der Waals surface area (Å²) < 4.78 is 0.766. The van der Waals surface area contributed by atoms with Crippen molar-refractivity contribution in [2.75, 3.05) is 0 Å². The molecule has 0 aliphatic carbocycles. The monoisotopic (exact) mass is 363 g/mol. The highest BCUT2D eigenvalue weighted by molar-refractivity contribution is 9.10. The Morgan fingerprint density at radius 3 is 2.14 bits per heavy atom. The lowest BCUT2D eigenvalue weighted by molar-refractivity contribution is 0.0844. The molecule has 5 nitrogen and oxygen atoms in total. The molecule has 22 heavy (non-hydrogen) atoms. The summed E-state index contributed by atoms with van der Waals surface area (Å²) in [5.74, 6) is -0.773. The quantitative estimate of drug-likeness (QED) is 0.717. The van der Waals surface area contributed by atoms with Crippen molar-refractivity contribution in [1.82, 2.24) is 15.8 Å². The number of H-pyrrole nitrogens is 1. The Hall–Kier alpha value is -2.08. The summed E-state index contributed by atoms with van der Waals surface area (Å²) in [6.45, 7) is 6.32. The molecule has 116 valence electrons. The molecule has 0 unspecified atom stereocenters. The number of aromatic amines is 1. The second-order valence-electron chi connectivity index (χ2n) is 5.97. The maximum absolute atomic E-state index is 12.0. The Labute approximate surface area is 137 Å². The zero-order valence-corrected chi connectivity index (χ0v) is 14.2. The van der Waals surface area contributed by atoms with Gasteiger partial charge in [-0.2, -0.15) is 0 Å². The number of carbonyl (C=O) groups is 2. The number of hydrogen-bond acceptors (Lipinski definition) is 2. The fourth-order valence-corrected chi connectivity index (χ4v) is 2.22. The van der Waals surface area contributed by atoms with Crippen molar-refractivity contribution in [2.24, 2.45) is 0 Å². The van der Waals surface area contributed by atoms with E-state index < -0.39 is 5.91 Å². The predicted molar refractivity (Wildman–Crippen MR) is 88.6 cm³/mol. The number of aromatic nitrogens is 1. The van der Waals surface area contributed by atoms with Gasteiger partial charge in [0.15, 0.2) is 0 Å². The Balaban J connectivity index is 1.96. The van der Waals surface area contributed by atoms with Crippen molar-refractivity contribution in [1.29, 1.82) is 0 Å². The molecule has 0 atom stereocenters. The number of nitrogens with one attached hydrogen (secondary N) is 3. The molecule has 1 aromatic heterocycles. The van der Waals surface area contributed by atoms with Crippen LogP contribution in [0.5, 0.6) is 0 Å². The first kappa shape index (κ1) is 16.3. The first-order chi connectivity index (χ1) is 10.3. The van der Waals surface area contributed by atoms with Crippen molar-refractivity contribution in [2.45, 2.75) is 26.2 Å². The molecule has 0 radical (unpaired) electrons. The minimum atomic E-state index is -0.412. The van der Waals surface area contributed by atoms with Gasteiger partial charge in [0.25, 0.3) is 11.8 Å². The molecular weight excluding hydrogens is 346 g/mol. The van der Waals surface area contributed by atoms with Crippen LogP contribution in [-0.4, -0.2) is 16.8 Å². The van der Waals surface area contributed by atoms with Gasteiger partial charge < -0.3 is 4.98 Å². The molecule has 2 rings (SSSR count). The second-order valence-corrected chi connectivity index (χ2v) is 6.88. The highest BCUT2D eigenvalue weighted by atomic mass is 79.9. The minimum Gasteiger partial charge on any atom is -0.356 e. The number of halogens is 1. The molecule has 0 saturated carbocycles. The molecule has 0 fully saturated rings. The molecule has 0 aliphatic rings. The van der Waals surface area contributed by atoms with Gasteiger partial charge in [-0.3, -0.25) is 20.4 Å². The standard InChI is InChI=1S/C16H18BrN3O2/c1-16(2,3)11-6-4-10(5-7-11)14(21)19-20-15(22)13-8-12(17)9-18-13/h4-9,18H,1-3H3,(H,19,21)(H,20,22). The molecular formula is C16H18BrN3O2. The van der Waals surface area contributed by atoms with Gasteiger partial charge in [-0.05, 0) is 45.1 Å². The molecule has 0 aliphatic heterocycles. The summed E-state index contributed by atoms with van der Waals surface area (Å²) in [5, 5.41) is 0. The number of amides is 2. The number of rotatable bonds is 2. The maximum Gasteiger partial charge on any atom is 0.286 e. The van der Waals surface area contributed by atoms with E-state index in [0.29, 0.717) is 11.3 Å². The summed E-state index contributed by atoms with van der Waals surface area (Å²) in [5.41, 5.74) is 6.77. The number of hydrazine groups is 1. The van der Waals surface area contributed by atoms with E-state index in [4.69, 9.17) is 0 Å². The molecule has 0 bridgehead atoms. The summed E-state index contributed by atoms with van der Waals surface area (Å²) in [4.78, 5) is 26.6. The number of benzene rings is 1. The van der Waals surface area contributed by atoms with E-state index in [2.05, 4.69) is 52.5 Å². The smallest absolute Gasteiger partial charge is 0.286 e. The molecule has 1 aromatic carbocycles. The van der Waals surface area contributed by atoms with Crippen LogP contribution in [0, 0.1) is 0 Å². The van der Waals surface area contributed by atoms with Crippen molar-refractivity contribution in [3.8, 4) is 0 Å². The molecule has 3 N–H and O–H groups in total. The Kier molecular flexibility index (Phi) is 4.71. The van der Waals surface area contributed by atoms with E-state index >= 15 is 0 Å². The van der Waals surface area contributed by atoms with Crippen LogP contribution < -0.4 is 10.9 Å². The van der Waals surface area contributed by atoms with Crippen LogP contribution in [0.15, 0.2) is 41.0 Å². The third-order valence-corrected chi connectivity index (χ3v) is 3.65. The summed E-state index contributed by atoms with van der Waals surface area (Å²) in [6, 6.07) is 8.94. The highest BCUT2D eigenvalue weighted by Crippen LogP contribution is 2.22. The van der Waals surface area contributed by atoms with Crippen molar-refractivity contribution in [3.05, 3.63) is 57.8 Å². The first-order valence-electron chi connectivity index (χ1n) is 6.82. The Morgan fingerprint density at radius 1 is 1.05 bits per heavy atom. The van der Waals surface area contributed by atoms with Crippen LogP contribution in [0.2, 0.25) is 0 Å². The Morgan fingerprint density at radius 2 is 1.64 bits per heavy atom. The van der Waals surface area contributed by atoms with Gasteiger partial charge in [0, 0.05) is 16.2 Å². The van der Waals surface area contributed by atoms with Crippen LogP contribution in [-0.2, 0) is 5.41 Å². The van der Waals surface area contributed by atoms with E-state index in [1.165, 1.54) is 0 Å². The first-order valence-corrected chi connectivity index (χ1v) is 7.62. The van der Waals surface area contributed by atoms with Crippen LogP contribution >= 0.6 is 15.9 Å². The average Bonchev–Trinajstić information content (AvgIpc) is 2.90. The van der Waals surface area contributed by atoms with Crippen molar-refractivity contribution < 1.29 is 9.59 Å². The minimum absolute atomic E-state index is 0.0320. The van der Waals surface area contributed by atoms with E-state index in [1.807, 2.05) is 12.1 Å². The maximum atomic E-state index is 12.0. The molecule has 0 saturated heterocycles. The van der Waals surface area contributed by atoms with Crippen LogP contribution in [0.1, 0.15) is 47.2 Å². The lowest BCUT2D eigenvalue weighted by atomic mass is 9.87. The van der Waals surface area contributed by atoms with Gasteiger partial charge in [-0.25, -0.2) is 0 Å². The van der Waals surface area contributed by atoms with Crippen molar-refractivity contribution in [3.63, 3.8) is 0 Å². The molecule has 0 spiro atoms. The van der Waals surface area contributed by atoms with E-state index in [-0.39, 0.29) is 11.3 Å². The molecule has 2 amide bonds. The molecule has 2 aromatic rings. The molecule has 1 heterocycles. The third-order valence-electron chi connectivity index (χ3n) is 3.20. The van der Waals surface area contributed by atoms with Crippen LogP contribution in [0.3, 0.4) is 0 Å². The zero-order valence-electron chi connectivity index (χ0n) is 12.7. The number of hydrogen-bond donors (Lipinski definition) is 3.